The van der Waals surface area contributed by atoms with Crippen molar-refractivity contribution in [1.82, 2.24) is 0 Å². The first-order valence-corrected chi connectivity index (χ1v) is 10.5. The topological polar surface area (TPSA) is 9.23 Å². The SMILES string of the molecule is CCCCc1ccc2cc(-c3ccc(-c4ccc(OC(F)(F)F)cc4)c(F)c3)ccc2c1. The van der Waals surface area contributed by atoms with Gasteiger partial charge in [-0.15, -0.1) is 13.2 Å². The Morgan fingerprint density at radius 2 is 1.34 bits per heavy atom. The third kappa shape index (κ3) is 5.10. The number of benzene rings is 4. The summed E-state index contributed by atoms with van der Waals surface area (Å²) in [6, 6.07) is 22.6. The quantitative estimate of drug-likeness (QED) is 0.274. The average Bonchev–Trinajstić information content (AvgIpc) is 2.77. The van der Waals surface area contributed by atoms with E-state index in [9.17, 15) is 17.6 Å². The molecule has 0 aromatic heterocycles. The van der Waals surface area contributed by atoms with Crippen molar-refractivity contribution in [2.24, 2.45) is 0 Å². The zero-order valence-electron chi connectivity index (χ0n) is 17.5. The Morgan fingerprint density at radius 3 is 2.03 bits per heavy atom. The Balaban J connectivity index is 1.58. The van der Waals surface area contributed by atoms with E-state index in [4.69, 9.17) is 0 Å². The van der Waals surface area contributed by atoms with Gasteiger partial charge in [0, 0.05) is 5.56 Å². The second kappa shape index (κ2) is 9.03. The van der Waals surface area contributed by atoms with E-state index in [1.54, 1.807) is 6.07 Å². The molecule has 0 spiro atoms. The fraction of sp³-hybridized carbons (Fsp3) is 0.185. The lowest BCUT2D eigenvalue weighted by Gasteiger charge is -2.11. The summed E-state index contributed by atoms with van der Waals surface area (Å²) >= 11 is 0. The van der Waals surface area contributed by atoms with Crippen molar-refractivity contribution in [3.8, 4) is 28.0 Å². The number of fused-ring (bicyclic) bond motifs is 1. The van der Waals surface area contributed by atoms with E-state index in [2.05, 4.69) is 29.9 Å². The summed E-state index contributed by atoms with van der Waals surface area (Å²) in [5.74, 6) is -0.783. The molecular formula is C27H22F4O. The number of unbranched alkanes of at least 4 members (excludes halogenated alkanes) is 1. The first-order valence-electron chi connectivity index (χ1n) is 10.5. The fourth-order valence-electron chi connectivity index (χ4n) is 3.78. The van der Waals surface area contributed by atoms with Crippen LogP contribution in [0.15, 0.2) is 78.9 Å². The van der Waals surface area contributed by atoms with Gasteiger partial charge in [0.2, 0.25) is 0 Å². The van der Waals surface area contributed by atoms with Gasteiger partial charge in [0.05, 0.1) is 0 Å². The third-order valence-corrected chi connectivity index (χ3v) is 5.42. The summed E-state index contributed by atoms with van der Waals surface area (Å²) in [6.45, 7) is 2.18. The number of alkyl halides is 3. The van der Waals surface area contributed by atoms with Gasteiger partial charge in [-0.2, -0.15) is 0 Å². The molecular weight excluding hydrogens is 416 g/mol. The van der Waals surface area contributed by atoms with Crippen LogP contribution in [0.2, 0.25) is 0 Å². The van der Waals surface area contributed by atoms with Crippen LogP contribution in [0.1, 0.15) is 25.3 Å². The van der Waals surface area contributed by atoms with Crippen molar-refractivity contribution in [3.05, 3.63) is 90.2 Å². The van der Waals surface area contributed by atoms with Crippen LogP contribution < -0.4 is 4.74 Å². The molecule has 0 bridgehead atoms. The number of rotatable bonds is 6. The summed E-state index contributed by atoms with van der Waals surface area (Å²) in [5, 5.41) is 2.24. The molecule has 0 aliphatic carbocycles. The number of hydrogen-bond donors (Lipinski definition) is 0. The molecule has 4 rings (SSSR count). The lowest BCUT2D eigenvalue weighted by atomic mass is 9.96. The summed E-state index contributed by atoms with van der Waals surface area (Å²) in [5.41, 5.74) is 3.74. The summed E-state index contributed by atoms with van der Waals surface area (Å²) in [6.07, 6.45) is -1.38. The first kappa shape index (κ1) is 21.9. The zero-order chi connectivity index (χ0) is 22.7. The van der Waals surface area contributed by atoms with Crippen LogP contribution in [0.5, 0.6) is 5.75 Å². The van der Waals surface area contributed by atoms with Gasteiger partial charge in [0.1, 0.15) is 11.6 Å². The van der Waals surface area contributed by atoms with E-state index >= 15 is 0 Å². The highest BCUT2D eigenvalue weighted by Gasteiger charge is 2.31. The smallest absolute Gasteiger partial charge is 0.406 e. The Bertz CT molecular complexity index is 1230. The number of halogens is 4. The molecule has 0 atom stereocenters. The van der Waals surface area contributed by atoms with Crippen LogP contribution >= 0.6 is 0 Å². The molecule has 0 saturated carbocycles. The molecule has 0 heterocycles. The standard InChI is InChI=1S/C27H22F4O/c1-2-3-4-18-5-6-21-16-22(8-7-20(21)15-18)23-11-14-25(26(28)17-23)19-9-12-24(13-10-19)32-27(29,30)31/h5-17H,2-4H2,1H3. The van der Waals surface area contributed by atoms with E-state index in [1.165, 1.54) is 35.9 Å². The van der Waals surface area contributed by atoms with Crippen molar-refractivity contribution in [3.63, 3.8) is 0 Å². The maximum Gasteiger partial charge on any atom is 0.573 e. The molecule has 0 fully saturated rings. The number of hydrogen-bond acceptors (Lipinski definition) is 1. The van der Waals surface area contributed by atoms with Crippen LogP contribution in [0.4, 0.5) is 17.6 Å². The Hall–Kier alpha value is -3.34. The minimum atomic E-state index is -4.76. The van der Waals surface area contributed by atoms with E-state index < -0.39 is 12.2 Å². The van der Waals surface area contributed by atoms with Crippen LogP contribution in [0, 0.1) is 5.82 Å². The van der Waals surface area contributed by atoms with E-state index in [-0.39, 0.29) is 5.75 Å². The molecule has 4 aromatic rings. The molecule has 32 heavy (non-hydrogen) atoms. The predicted octanol–water partition coefficient (Wildman–Crippen LogP) is 8.55. The van der Waals surface area contributed by atoms with Gasteiger partial charge in [-0.1, -0.05) is 67.9 Å². The van der Waals surface area contributed by atoms with Crippen LogP contribution in [0.3, 0.4) is 0 Å². The second-order valence-electron chi connectivity index (χ2n) is 7.77. The van der Waals surface area contributed by atoms with E-state index in [0.29, 0.717) is 11.1 Å². The van der Waals surface area contributed by atoms with Gasteiger partial charge in [-0.05, 0) is 70.1 Å². The number of ether oxygens (including phenoxy) is 1. The fourth-order valence-corrected chi connectivity index (χ4v) is 3.78. The Kier molecular flexibility index (Phi) is 6.17. The van der Waals surface area contributed by atoms with Crippen molar-refractivity contribution in [2.45, 2.75) is 32.5 Å². The van der Waals surface area contributed by atoms with E-state index in [1.807, 2.05) is 24.3 Å². The molecule has 0 saturated heterocycles. The summed E-state index contributed by atoms with van der Waals surface area (Å²) < 4.78 is 55.7. The van der Waals surface area contributed by atoms with Crippen LogP contribution in [-0.2, 0) is 6.42 Å². The molecule has 0 amide bonds. The summed E-state index contributed by atoms with van der Waals surface area (Å²) in [7, 11) is 0. The third-order valence-electron chi connectivity index (χ3n) is 5.42. The Morgan fingerprint density at radius 1 is 0.719 bits per heavy atom. The van der Waals surface area contributed by atoms with Crippen molar-refractivity contribution >= 4 is 10.8 Å². The van der Waals surface area contributed by atoms with Gasteiger partial charge in [-0.25, -0.2) is 4.39 Å². The minimum absolute atomic E-state index is 0.314. The highest BCUT2D eigenvalue weighted by atomic mass is 19.4. The molecule has 0 unspecified atom stereocenters. The second-order valence-corrected chi connectivity index (χ2v) is 7.77. The predicted molar refractivity (Wildman–Crippen MR) is 120 cm³/mol. The maximum atomic E-state index is 14.9. The molecule has 4 aromatic carbocycles. The lowest BCUT2D eigenvalue weighted by molar-refractivity contribution is -0.274. The van der Waals surface area contributed by atoms with Crippen molar-refractivity contribution in [1.29, 1.82) is 0 Å². The van der Waals surface area contributed by atoms with Crippen molar-refractivity contribution < 1.29 is 22.3 Å². The van der Waals surface area contributed by atoms with Gasteiger partial charge in [0.15, 0.2) is 0 Å². The normalized spacial score (nSPS) is 11.7. The van der Waals surface area contributed by atoms with Gasteiger partial charge in [0.25, 0.3) is 0 Å². The zero-order valence-corrected chi connectivity index (χ0v) is 17.5. The lowest BCUT2D eigenvalue weighted by Crippen LogP contribution is -2.16. The molecule has 5 heteroatoms. The van der Waals surface area contributed by atoms with Gasteiger partial charge >= 0.3 is 6.36 Å². The largest absolute Gasteiger partial charge is 0.573 e. The van der Waals surface area contributed by atoms with Gasteiger partial charge < -0.3 is 4.74 Å². The van der Waals surface area contributed by atoms with E-state index in [0.717, 1.165) is 41.2 Å². The highest BCUT2D eigenvalue weighted by molar-refractivity contribution is 5.88. The Labute approximate surface area is 184 Å². The minimum Gasteiger partial charge on any atom is -0.406 e. The van der Waals surface area contributed by atoms with Gasteiger partial charge in [-0.3, -0.25) is 0 Å². The monoisotopic (exact) mass is 438 g/mol. The summed E-state index contributed by atoms with van der Waals surface area (Å²) in [4.78, 5) is 0. The number of aryl methyl sites for hydroxylation is 1. The molecule has 1 nitrogen and oxygen atoms in total. The average molecular weight is 438 g/mol. The first-order chi connectivity index (χ1) is 15.3. The van der Waals surface area contributed by atoms with Crippen LogP contribution in [-0.4, -0.2) is 6.36 Å². The molecule has 0 radical (unpaired) electrons. The molecule has 0 aliphatic heterocycles. The maximum absolute atomic E-state index is 14.9. The molecule has 164 valence electrons. The van der Waals surface area contributed by atoms with Crippen LogP contribution in [0.25, 0.3) is 33.0 Å². The highest BCUT2D eigenvalue weighted by Crippen LogP contribution is 2.32. The van der Waals surface area contributed by atoms with Crippen molar-refractivity contribution in [2.75, 3.05) is 0 Å². The molecule has 0 N–H and O–H groups in total. The molecule has 0 aliphatic rings.